The number of hydrogen-bond acceptors (Lipinski definition) is 5. The van der Waals surface area contributed by atoms with Crippen LogP contribution in [0.2, 0.25) is 0 Å². The highest BCUT2D eigenvalue weighted by molar-refractivity contribution is 5.79. The maximum Gasteiger partial charge on any atom is 0.191 e. The van der Waals surface area contributed by atoms with Crippen LogP contribution in [0.5, 0.6) is 5.75 Å². The Morgan fingerprint density at radius 3 is 2.86 bits per heavy atom. The molecule has 2 rings (SSSR count). The molecule has 1 aromatic carbocycles. The monoisotopic (exact) mass is 407 g/mol. The highest BCUT2D eigenvalue weighted by Crippen LogP contribution is 2.20. The fraction of sp³-hybridized carbons (Fsp3) is 0.682. The van der Waals surface area contributed by atoms with Gasteiger partial charge >= 0.3 is 0 Å². The van der Waals surface area contributed by atoms with Gasteiger partial charge in [-0.2, -0.15) is 0 Å². The van der Waals surface area contributed by atoms with E-state index in [1.165, 1.54) is 5.56 Å². The Kier molecular flexibility index (Phi) is 11.5. The lowest BCUT2D eigenvalue weighted by Crippen LogP contribution is -2.37. The summed E-state index contributed by atoms with van der Waals surface area (Å²) in [5, 5.41) is 6.69. The minimum Gasteiger partial charge on any atom is -0.491 e. The lowest BCUT2D eigenvalue weighted by atomic mass is 10.1. The van der Waals surface area contributed by atoms with Crippen LogP contribution in [0.3, 0.4) is 0 Å². The minimum absolute atomic E-state index is 0.546. The van der Waals surface area contributed by atoms with Crippen molar-refractivity contribution in [2.75, 3.05) is 59.8 Å². The topological polar surface area (TPSA) is 73.3 Å². The van der Waals surface area contributed by atoms with Gasteiger partial charge in [0.05, 0.1) is 19.8 Å². The zero-order chi connectivity index (χ0) is 20.7. The normalized spacial score (nSPS) is 16.8. The van der Waals surface area contributed by atoms with Crippen LogP contribution in [0.25, 0.3) is 0 Å². The number of nitrogens with one attached hydrogen (secondary N) is 2. The van der Waals surface area contributed by atoms with E-state index in [1.807, 2.05) is 6.92 Å². The molecule has 7 nitrogen and oxygen atoms in total. The van der Waals surface area contributed by atoms with E-state index in [2.05, 4.69) is 40.7 Å². The highest BCUT2D eigenvalue weighted by atomic mass is 16.5. The van der Waals surface area contributed by atoms with Gasteiger partial charge < -0.3 is 29.6 Å². The minimum atomic E-state index is 0.546. The van der Waals surface area contributed by atoms with Crippen molar-refractivity contribution in [1.29, 1.82) is 0 Å². The lowest BCUT2D eigenvalue weighted by molar-refractivity contribution is 0.0888. The molecule has 7 heteroatoms. The van der Waals surface area contributed by atoms with Crippen LogP contribution in [0.15, 0.2) is 23.2 Å². The Hall–Kier alpha value is -1.83. The molecule has 1 aliphatic heterocycles. The number of ether oxygens (including phenoxy) is 4. The molecule has 1 heterocycles. The summed E-state index contributed by atoms with van der Waals surface area (Å²) < 4.78 is 22.4. The lowest BCUT2D eigenvalue weighted by Gasteiger charge is -2.16. The van der Waals surface area contributed by atoms with Crippen LogP contribution in [-0.4, -0.2) is 65.8 Å². The predicted molar refractivity (Wildman–Crippen MR) is 116 cm³/mol. The molecule has 1 aliphatic rings. The first kappa shape index (κ1) is 23.4. The van der Waals surface area contributed by atoms with Gasteiger partial charge in [-0.3, -0.25) is 4.99 Å². The second-order valence-electron chi connectivity index (χ2n) is 7.17. The molecule has 2 N–H and O–H groups in total. The van der Waals surface area contributed by atoms with E-state index >= 15 is 0 Å². The van der Waals surface area contributed by atoms with E-state index in [0.29, 0.717) is 32.3 Å². The van der Waals surface area contributed by atoms with Gasteiger partial charge in [-0.1, -0.05) is 12.1 Å². The van der Waals surface area contributed by atoms with Gasteiger partial charge in [-0.25, -0.2) is 0 Å². The van der Waals surface area contributed by atoms with Crippen molar-refractivity contribution in [3.63, 3.8) is 0 Å². The standard InChI is InChI=1S/C22H37N3O4/c1-4-26-12-13-29-21-14-18(2)6-7-20(21)15-25-22(23-3)24-9-5-10-27-16-19-8-11-28-17-19/h6-7,14,19H,4-5,8-13,15-17H2,1-3H3,(H2,23,24,25). The van der Waals surface area contributed by atoms with Gasteiger partial charge in [0.15, 0.2) is 5.96 Å². The van der Waals surface area contributed by atoms with E-state index in [1.54, 1.807) is 7.05 Å². The summed E-state index contributed by atoms with van der Waals surface area (Å²) in [4.78, 5) is 4.29. The van der Waals surface area contributed by atoms with Crippen LogP contribution in [-0.2, 0) is 20.8 Å². The van der Waals surface area contributed by atoms with Gasteiger partial charge in [0.2, 0.25) is 0 Å². The van der Waals surface area contributed by atoms with E-state index in [0.717, 1.165) is 63.1 Å². The molecule has 29 heavy (non-hydrogen) atoms. The number of nitrogens with zero attached hydrogens (tertiary/aromatic N) is 1. The van der Waals surface area contributed by atoms with Crippen molar-refractivity contribution in [2.45, 2.75) is 33.2 Å². The van der Waals surface area contributed by atoms with Crippen LogP contribution in [0, 0.1) is 12.8 Å². The number of guanidine groups is 1. The zero-order valence-corrected chi connectivity index (χ0v) is 18.2. The average Bonchev–Trinajstić information content (AvgIpc) is 3.24. The number of aryl methyl sites for hydroxylation is 1. The fourth-order valence-electron chi connectivity index (χ4n) is 3.04. The smallest absolute Gasteiger partial charge is 0.191 e. The molecule has 1 saturated heterocycles. The first-order valence-electron chi connectivity index (χ1n) is 10.6. The molecular weight excluding hydrogens is 370 g/mol. The summed E-state index contributed by atoms with van der Waals surface area (Å²) in [6, 6.07) is 6.24. The largest absolute Gasteiger partial charge is 0.491 e. The van der Waals surface area contributed by atoms with Crippen LogP contribution < -0.4 is 15.4 Å². The summed E-state index contributed by atoms with van der Waals surface area (Å²) in [6.07, 6.45) is 2.05. The Labute approximate surface area is 175 Å². The maximum absolute atomic E-state index is 5.90. The second kappa shape index (κ2) is 14.2. The third-order valence-corrected chi connectivity index (χ3v) is 4.72. The van der Waals surface area contributed by atoms with Crippen molar-refractivity contribution >= 4 is 5.96 Å². The number of benzene rings is 1. The Bertz CT molecular complexity index is 604. The molecular formula is C22H37N3O4. The summed E-state index contributed by atoms with van der Waals surface area (Å²) in [6.45, 7) is 10.6. The third-order valence-electron chi connectivity index (χ3n) is 4.72. The summed E-state index contributed by atoms with van der Waals surface area (Å²) in [5.74, 6) is 2.23. The summed E-state index contributed by atoms with van der Waals surface area (Å²) >= 11 is 0. The van der Waals surface area contributed by atoms with E-state index in [9.17, 15) is 0 Å². The molecule has 1 fully saturated rings. The Morgan fingerprint density at radius 1 is 1.21 bits per heavy atom. The second-order valence-corrected chi connectivity index (χ2v) is 7.17. The van der Waals surface area contributed by atoms with Crippen molar-refractivity contribution in [3.8, 4) is 5.75 Å². The van der Waals surface area contributed by atoms with Crippen molar-refractivity contribution in [3.05, 3.63) is 29.3 Å². The maximum atomic E-state index is 5.90. The SMILES string of the molecule is CCOCCOc1cc(C)ccc1CNC(=NC)NCCCOCC1CCOC1. The van der Waals surface area contributed by atoms with Crippen LogP contribution in [0.1, 0.15) is 30.9 Å². The molecule has 1 atom stereocenters. The van der Waals surface area contributed by atoms with Crippen LogP contribution in [0.4, 0.5) is 0 Å². The van der Waals surface area contributed by atoms with Gasteiger partial charge in [0.25, 0.3) is 0 Å². The van der Waals surface area contributed by atoms with Crippen molar-refractivity contribution < 1.29 is 18.9 Å². The van der Waals surface area contributed by atoms with Crippen LogP contribution >= 0.6 is 0 Å². The van der Waals surface area contributed by atoms with Crippen molar-refractivity contribution in [1.82, 2.24) is 10.6 Å². The fourth-order valence-corrected chi connectivity index (χ4v) is 3.04. The van der Waals surface area contributed by atoms with E-state index in [-0.39, 0.29) is 0 Å². The van der Waals surface area contributed by atoms with Gasteiger partial charge in [-0.15, -0.1) is 0 Å². The van der Waals surface area contributed by atoms with Gasteiger partial charge in [0, 0.05) is 51.4 Å². The van der Waals surface area contributed by atoms with Gasteiger partial charge in [0.1, 0.15) is 12.4 Å². The molecule has 0 radical (unpaired) electrons. The molecule has 0 amide bonds. The molecule has 0 bridgehead atoms. The van der Waals surface area contributed by atoms with Crippen molar-refractivity contribution in [2.24, 2.45) is 10.9 Å². The number of aliphatic imine (C=N–C) groups is 1. The first-order chi connectivity index (χ1) is 14.2. The molecule has 0 aliphatic carbocycles. The van der Waals surface area contributed by atoms with E-state index in [4.69, 9.17) is 18.9 Å². The average molecular weight is 408 g/mol. The number of rotatable bonds is 13. The molecule has 0 spiro atoms. The Morgan fingerprint density at radius 2 is 2.10 bits per heavy atom. The molecule has 164 valence electrons. The third kappa shape index (κ3) is 9.47. The Balaban J connectivity index is 1.67. The molecule has 1 unspecified atom stereocenters. The quantitative estimate of drug-likeness (QED) is 0.297. The molecule has 0 aromatic heterocycles. The molecule has 1 aromatic rings. The predicted octanol–water partition coefficient (Wildman–Crippen LogP) is 2.52. The first-order valence-corrected chi connectivity index (χ1v) is 10.6. The molecule has 0 saturated carbocycles. The zero-order valence-electron chi connectivity index (χ0n) is 18.2. The van der Waals surface area contributed by atoms with E-state index < -0.39 is 0 Å². The van der Waals surface area contributed by atoms with Gasteiger partial charge in [-0.05, 0) is 38.3 Å². The summed E-state index contributed by atoms with van der Waals surface area (Å²) in [5.41, 5.74) is 2.27. The highest BCUT2D eigenvalue weighted by Gasteiger charge is 2.15. The summed E-state index contributed by atoms with van der Waals surface area (Å²) in [7, 11) is 1.78. The number of hydrogen-bond donors (Lipinski definition) is 2.